The van der Waals surface area contributed by atoms with Crippen LogP contribution in [0, 0.1) is 6.92 Å². The summed E-state index contributed by atoms with van der Waals surface area (Å²) in [6, 6.07) is 12.9. The smallest absolute Gasteiger partial charge is 0.407 e. The average Bonchev–Trinajstić information content (AvgIpc) is 2.85. The molecule has 186 valence electrons. The number of amides is 2. The molecule has 1 aromatic heterocycles. The number of carbonyl (C=O) groups is 2. The molecular formula is C27H33N3O5. The Labute approximate surface area is 205 Å². The van der Waals surface area contributed by atoms with Crippen LogP contribution in [0.4, 0.5) is 10.5 Å². The largest absolute Gasteiger partial charge is 0.449 e. The summed E-state index contributed by atoms with van der Waals surface area (Å²) in [5.74, 6) is -0.108. The van der Waals surface area contributed by atoms with Crippen molar-refractivity contribution in [2.75, 3.05) is 38.7 Å². The third-order valence-electron chi connectivity index (χ3n) is 6.00. The van der Waals surface area contributed by atoms with Gasteiger partial charge in [0.2, 0.25) is 0 Å². The van der Waals surface area contributed by atoms with Crippen molar-refractivity contribution < 1.29 is 18.7 Å². The van der Waals surface area contributed by atoms with Gasteiger partial charge in [-0.25, -0.2) is 9.59 Å². The van der Waals surface area contributed by atoms with Crippen molar-refractivity contribution in [3.05, 3.63) is 75.1 Å². The first-order valence-electron chi connectivity index (χ1n) is 11.8. The lowest BCUT2D eigenvalue weighted by Gasteiger charge is -2.21. The molecule has 0 spiro atoms. The van der Waals surface area contributed by atoms with Crippen LogP contribution in [0.5, 0.6) is 0 Å². The summed E-state index contributed by atoms with van der Waals surface area (Å²) in [4.78, 5) is 40.6. The second-order valence-corrected chi connectivity index (χ2v) is 8.49. The molecule has 35 heavy (non-hydrogen) atoms. The average molecular weight is 480 g/mol. The van der Waals surface area contributed by atoms with E-state index in [2.05, 4.69) is 24.1 Å². The van der Waals surface area contributed by atoms with Crippen molar-refractivity contribution in [3.8, 4) is 0 Å². The molecule has 0 aliphatic rings. The highest BCUT2D eigenvalue weighted by molar-refractivity contribution is 5.94. The Hall–Kier alpha value is -3.81. The molecule has 0 saturated carbocycles. The van der Waals surface area contributed by atoms with Crippen LogP contribution in [0.25, 0.3) is 11.0 Å². The van der Waals surface area contributed by atoms with Gasteiger partial charge in [0.05, 0.1) is 6.61 Å². The second-order valence-electron chi connectivity index (χ2n) is 8.49. The van der Waals surface area contributed by atoms with E-state index >= 15 is 0 Å². The maximum Gasteiger partial charge on any atom is 0.407 e. The predicted molar refractivity (Wildman–Crippen MR) is 137 cm³/mol. The molecule has 3 aromatic rings. The van der Waals surface area contributed by atoms with Crippen molar-refractivity contribution in [2.24, 2.45) is 0 Å². The highest BCUT2D eigenvalue weighted by atomic mass is 16.5. The summed E-state index contributed by atoms with van der Waals surface area (Å²) in [7, 11) is 3.37. The number of ether oxygens (including phenoxy) is 1. The number of benzene rings is 2. The van der Waals surface area contributed by atoms with Gasteiger partial charge in [0.15, 0.2) is 0 Å². The number of aryl methyl sites for hydroxylation is 1. The molecule has 0 radical (unpaired) electrons. The zero-order valence-corrected chi connectivity index (χ0v) is 21.0. The van der Waals surface area contributed by atoms with E-state index in [1.165, 1.54) is 4.90 Å². The molecule has 2 amide bonds. The lowest BCUT2D eigenvalue weighted by Crippen LogP contribution is -2.26. The second kappa shape index (κ2) is 11.6. The first-order valence-corrected chi connectivity index (χ1v) is 11.8. The zero-order chi connectivity index (χ0) is 25.5. The normalized spacial score (nSPS) is 10.8. The fraction of sp³-hybridized carbons (Fsp3) is 0.370. The predicted octanol–water partition coefficient (Wildman–Crippen LogP) is 4.12. The van der Waals surface area contributed by atoms with Crippen molar-refractivity contribution in [3.63, 3.8) is 0 Å². The third-order valence-corrected chi connectivity index (χ3v) is 6.00. The third kappa shape index (κ3) is 6.20. The number of carbonyl (C=O) groups excluding carboxylic acids is 2. The van der Waals surface area contributed by atoms with E-state index in [1.54, 1.807) is 32.3 Å². The molecule has 3 rings (SSSR count). The summed E-state index contributed by atoms with van der Waals surface area (Å²) >= 11 is 0. The van der Waals surface area contributed by atoms with Gasteiger partial charge in [-0.15, -0.1) is 0 Å². The Morgan fingerprint density at radius 2 is 1.80 bits per heavy atom. The summed E-state index contributed by atoms with van der Waals surface area (Å²) in [6.45, 7) is 8.03. The maximum absolute atomic E-state index is 12.6. The van der Waals surface area contributed by atoms with Gasteiger partial charge in [-0.1, -0.05) is 12.1 Å². The van der Waals surface area contributed by atoms with Gasteiger partial charge in [-0.05, 0) is 56.2 Å². The Morgan fingerprint density at radius 3 is 2.49 bits per heavy atom. The fourth-order valence-corrected chi connectivity index (χ4v) is 4.00. The minimum atomic E-state index is -0.596. The van der Waals surface area contributed by atoms with Crippen molar-refractivity contribution >= 4 is 28.7 Å². The summed E-state index contributed by atoms with van der Waals surface area (Å²) in [5.41, 5.74) is 3.79. The Bertz CT molecular complexity index is 1260. The maximum atomic E-state index is 12.6. The molecule has 1 N–H and O–H groups in total. The van der Waals surface area contributed by atoms with E-state index in [4.69, 9.17) is 9.15 Å². The Kier molecular flexibility index (Phi) is 8.52. The van der Waals surface area contributed by atoms with Gasteiger partial charge in [-0.3, -0.25) is 4.79 Å². The van der Waals surface area contributed by atoms with Crippen LogP contribution in [-0.2, 0) is 17.7 Å². The Morgan fingerprint density at radius 1 is 1.06 bits per heavy atom. The summed E-state index contributed by atoms with van der Waals surface area (Å²) in [5, 5.41) is 3.54. The van der Waals surface area contributed by atoms with Gasteiger partial charge < -0.3 is 24.3 Å². The van der Waals surface area contributed by atoms with Gasteiger partial charge >= 0.3 is 11.7 Å². The lowest BCUT2D eigenvalue weighted by molar-refractivity contribution is 0.0827. The molecule has 0 unspecified atom stereocenters. The fourth-order valence-electron chi connectivity index (χ4n) is 4.00. The molecule has 8 nitrogen and oxygen atoms in total. The van der Waals surface area contributed by atoms with Crippen LogP contribution in [0.15, 0.2) is 51.7 Å². The quantitative estimate of drug-likeness (QED) is 0.464. The highest BCUT2D eigenvalue weighted by Gasteiger charge is 2.14. The summed E-state index contributed by atoms with van der Waals surface area (Å²) < 4.78 is 10.9. The van der Waals surface area contributed by atoms with Gasteiger partial charge in [0.1, 0.15) is 5.58 Å². The highest BCUT2D eigenvalue weighted by Crippen LogP contribution is 2.25. The monoisotopic (exact) mass is 479 g/mol. The lowest BCUT2D eigenvalue weighted by atomic mass is 10.0. The number of nitrogens with zero attached hydrogens (tertiary/aromatic N) is 2. The zero-order valence-electron chi connectivity index (χ0n) is 21.0. The molecule has 0 saturated heterocycles. The van der Waals surface area contributed by atoms with Crippen molar-refractivity contribution in [2.45, 2.75) is 33.7 Å². The molecule has 0 fully saturated rings. The molecule has 0 aliphatic heterocycles. The van der Waals surface area contributed by atoms with Crippen LogP contribution < -0.4 is 15.8 Å². The van der Waals surface area contributed by atoms with E-state index in [0.29, 0.717) is 16.7 Å². The number of anilines is 1. The van der Waals surface area contributed by atoms with Crippen LogP contribution in [0.1, 0.15) is 40.9 Å². The van der Waals surface area contributed by atoms with E-state index in [-0.39, 0.29) is 25.5 Å². The number of fused-ring (bicyclic) bond motifs is 1. The van der Waals surface area contributed by atoms with Gasteiger partial charge in [0.25, 0.3) is 5.91 Å². The van der Waals surface area contributed by atoms with Gasteiger partial charge in [-0.2, -0.15) is 0 Å². The standard InChI is InChI=1S/C27H33N3O5/c1-6-30(7-2)21-11-12-22-18(3)23(26(32)35-24(22)16-21)13-14-34-27(33)28-17-19-9-8-10-20(15-19)25(31)29(4)5/h8-12,15-16H,6-7,13-14,17H2,1-5H3,(H,28,33). The number of hydrogen-bond acceptors (Lipinski definition) is 6. The number of rotatable bonds is 9. The topological polar surface area (TPSA) is 92.1 Å². The molecule has 8 heteroatoms. The molecular weight excluding hydrogens is 446 g/mol. The van der Waals surface area contributed by atoms with E-state index in [1.807, 2.05) is 31.2 Å². The molecule has 0 atom stereocenters. The van der Waals surface area contributed by atoms with Crippen LogP contribution in [-0.4, -0.2) is 50.7 Å². The molecule has 1 heterocycles. The van der Waals surface area contributed by atoms with Crippen molar-refractivity contribution in [1.82, 2.24) is 10.2 Å². The van der Waals surface area contributed by atoms with Crippen LogP contribution in [0.2, 0.25) is 0 Å². The minimum absolute atomic E-state index is 0.0413. The number of hydrogen-bond donors (Lipinski definition) is 1. The van der Waals surface area contributed by atoms with E-state index in [9.17, 15) is 14.4 Å². The Balaban J connectivity index is 1.60. The molecule has 0 aliphatic carbocycles. The van der Waals surface area contributed by atoms with Crippen molar-refractivity contribution in [1.29, 1.82) is 0 Å². The number of alkyl carbamates (subject to hydrolysis) is 1. The molecule has 0 bridgehead atoms. The first-order chi connectivity index (χ1) is 16.7. The van der Waals surface area contributed by atoms with E-state index in [0.717, 1.165) is 35.3 Å². The first kappa shape index (κ1) is 25.8. The van der Waals surface area contributed by atoms with E-state index < -0.39 is 11.7 Å². The van der Waals surface area contributed by atoms with Crippen LogP contribution >= 0.6 is 0 Å². The molecule has 2 aromatic carbocycles. The van der Waals surface area contributed by atoms with Gasteiger partial charge in [0, 0.05) is 68.4 Å². The minimum Gasteiger partial charge on any atom is -0.449 e. The number of nitrogens with one attached hydrogen (secondary N) is 1. The van der Waals surface area contributed by atoms with Crippen LogP contribution in [0.3, 0.4) is 0 Å². The SMILES string of the molecule is CCN(CC)c1ccc2c(C)c(CCOC(=O)NCc3cccc(C(=O)N(C)C)c3)c(=O)oc2c1. The summed E-state index contributed by atoms with van der Waals surface area (Å²) in [6.07, 6.45) is -0.344.